The molecule has 22 heavy (non-hydrogen) atoms. The van der Waals surface area contributed by atoms with E-state index in [1.165, 1.54) is 12.1 Å². The van der Waals surface area contributed by atoms with E-state index >= 15 is 0 Å². The molecule has 0 saturated heterocycles. The van der Waals surface area contributed by atoms with Gasteiger partial charge in [-0.3, -0.25) is 10.2 Å². The molecule has 0 radical (unpaired) electrons. The number of benzene rings is 2. The smallest absolute Gasteiger partial charge is 0.237 e. The number of hydrogen-bond donors (Lipinski definition) is 2. The lowest BCUT2D eigenvalue weighted by Gasteiger charge is -2.11. The van der Waals surface area contributed by atoms with Crippen molar-refractivity contribution in [2.45, 2.75) is 20.0 Å². The molecule has 0 saturated carbocycles. The van der Waals surface area contributed by atoms with Gasteiger partial charge in [0.1, 0.15) is 18.2 Å². The summed E-state index contributed by atoms with van der Waals surface area (Å²) in [5, 5.41) is 0. The minimum Gasteiger partial charge on any atom is -0.489 e. The van der Waals surface area contributed by atoms with Crippen LogP contribution in [0.5, 0.6) is 5.75 Å². The highest BCUT2D eigenvalue weighted by atomic mass is 19.1. The van der Waals surface area contributed by atoms with Crippen LogP contribution in [0.25, 0.3) is 0 Å². The van der Waals surface area contributed by atoms with Crippen molar-refractivity contribution >= 4 is 5.91 Å². The van der Waals surface area contributed by atoms with Gasteiger partial charge in [0.25, 0.3) is 0 Å². The summed E-state index contributed by atoms with van der Waals surface area (Å²) in [6, 6.07) is 13.8. The third-order valence-electron chi connectivity index (χ3n) is 3.35. The van der Waals surface area contributed by atoms with Crippen LogP contribution in [-0.2, 0) is 17.8 Å². The molecule has 2 aromatic carbocycles. The molecule has 1 amide bonds. The van der Waals surface area contributed by atoms with Crippen LogP contribution in [0.4, 0.5) is 4.39 Å². The maximum atomic E-state index is 13.1. The average molecular weight is 302 g/mol. The molecule has 0 aliphatic carbocycles. The van der Waals surface area contributed by atoms with Gasteiger partial charge in [-0.25, -0.2) is 10.2 Å². The van der Waals surface area contributed by atoms with Gasteiger partial charge in [-0.05, 0) is 41.8 Å². The van der Waals surface area contributed by atoms with E-state index in [4.69, 9.17) is 10.6 Å². The Kier molecular flexibility index (Phi) is 5.49. The zero-order valence-corrected chi connectivity index (χ0v) is 12.4. The number of hydrogen-bond acceptors (Lipinski definition) is 3. The van der Waals surface area contributed by atoms with Gasteiger partial charge in [-0.15, -0.1) is 0 Å². The number of amides is 1. The Morgan fingerprint density at radius 1 is 1.23 bits per heavy atom. The molecule has 0 aromatic heterocycles. The Morgan fingerprint density at radius 3 is 2.59 bits per heavy atom. The number of ether oxygens (including phenoxy) is 1. The summed E-state index contributed by atoms with van der Waals surface area (Å²) in [5.41, 5.74) is 3.94. The van der Waals surface area contributed by atoms with Crippen molar-refractivity contribution < 1.29 is 13.9 Å². The maximum Gasteiger partial charge on any atom is 0.237 e. The van der Waals surface area contributed by atoms with Gasteiger partial charge in [-0.1, -0.05) is 31.2 Å². The first-order valence-corrected chi connectivity index (χ1v) is 7.05. The lowest BCUT2D eigenvalue weighted by Crippen LogP contribution is -2.35. The van der Waals surface area contributed by atoms with E-state index in [1.54, 1.807) is 6.07 Å². The number of nitrogens with one attached hydrogen (secondary N) is 1. The lowest BCUT2D eigenvalue weighted by molar-refractivity contribution is -0.124. The number of rotatable bonds is 6. The fraction of sp³-hybridized carbons (Fsp3) is 0.235. The second-order valence-electron chi connectivity index (χ2n) is 5.18. The summed E-state index contributed by atoms with van der Waals surface area (Å²) < 4.78 is 18.7. The first kappa shape index (κ1) is 16.0. The van der Waals surface area contributed by atoms with Crippen LogP contribution in [0.3, 0.4) is 0 Å². The Bertz CT molecular complexity index is 629. The van der Waals surface area contributed by atoms with E-state index in [0.29, 0.717) is 18.8 Å². The molecule has 116 valence electrons. The quantitative estimate of drug-likeness (QED) is 0.490. The lowest BCUT2D eigenvalue weighted by atomic mass is 10.0. The Morgan fingerprint density at radius 2 is 1.95 bits per heavy atom. The van der Waals surface area contributed by atoms with Crippen molar-refractivity contribution in [1.29, 1.82) is 0 Å². The number of halogens is 1. The van der Waals surface area contributed by atoms with Gasteiger partial charge >= 0.3 is 0 Å². The highest BCUT2D eigenvalue weighted by molar-refractivity contribution is 5.77. The van der Waals surface area contributed by atoms with Crippen LogP contribution in [-0.4, -0.2) is 5.91 Å². The van der Waals surface area contributed by atoms with Crippen molar-refractivity contribution in [2.24, 2.45) is 11.8 Å². The normalized spacial score (nSPS) is 11.8. The third kappa shape index (κ3) is 4.56. The zero-order valence-electron chi connectivity index (χ0n) is 12.4. The first-order valence-electron chi connectivity index (χ1n) is 7.05. The molecule has 0 fully saturated rings. The zero-order chi connectivity index (χ0) is 15.9. The Labute approximate surface area is 129 Å². The molecule has 4 nitrogen and oxygen atoms in total. The summed E-state index contributed by atoms with van der Waals surface area (Å²) in [6.45, 7) is 2.12. The SMILES string of the molecule is CC(Cc1ccc(OCc2cccc(F)c2)cc1)C(=O)NN. The molecule has 0 aliphatic heterocycles. The fourth-order valence-corrected chi connectivity index (χ4v) is 2.10. The summed E-state index contributed by atoms with van der Waals surface area (Å²) in [5.74, 6) is 5.15. The van der Waals surface area contributed by atoms with Crippen LogP contribution in [0.1, 0.15) is 18.1 Å². The first-order chi connectivity index (χ1) is 10.6. The van der Waals surface area contributed by atoms with Gasteiger partial charge in [0, 0.05) is 5.92 Å². The topological polar surface area (TPSA) is 64.3 Å². The standard InChI is InChI=1S/C17H19FN2O2/c1-12(17(21)20-19)9-13-5-7-16(8-6-13)22-11-14-3-2-4-15(18)10-14/h2-8,10,12H,9,11,19H2,1H3,(H,20,21). The second kappa shape index (κ2) is 7.56. The molecule has 3 N–H and O–H groups in total. The molecule has 0 heterocycles. The van der Waals surface area contributed by atoms with Gasteiger partial charge in [0.05, 0.1) is 0 Å². The van der Waals surface area contributed by atoms with Crippen molar-refractivity contribution in [3.05, 3.63) is 65.5 Å². The van der Waals surface area contributed by atoms with Gasteiger partial charge in [-0.2, -0.15) is 0 Å². The van der Waals surface area contributed by atoms with E-state index in [1.807, 2.05) is 37.3 Å². The summed E-state index contributed by atoms with van der Waals surface area (Å²) in [7, 11) is 0. The average Bonchev–Trinajstić information content (AvgIpc) is 2.53. The molecular formula is C17H19FN2O2. The minimum atomic E-state index is -0.274. The fourth-order valence-electron chi connectivity index (χ4n) is 2.10. The van der Waals surface area contributed by atoms with Gasteiger partial charge < -0.3 is 4.74 Å². The molecule has 1 atom stereocenters. The van der Waals surface area contributed by atoms with Gasteiger partial charge in [0.15, 0.2) is 0 Å². The molecule has 5 heteroatoms. The second-order valence-corrected chi connectivity index (χ2v) is 5.18. The highest BCUT2D eigenvalue weighted by Gasteiger charge is 2.11. The number of hydrazine groups is 1. The van der Waals surface area contributed by atoms with E-state index in [0.717, 1.165) is 11.1 Å². The largest absolute Gasteiger partial charge is 0.489 e. The van der Waals surface area contributed by atoms with Crippen LogP contribution in [0.15, 0.2) is 48.5 Å². The highest BCUT2D eigenvalue weighted by Crippen LogP contribution is 2.17. The van der Waals surface area contributed by atoms with Crippen molar-refractivity contribution in [3.63, 3.8) is 0 Å². The predicted molar refractivity (Wildman–Crippen MR) is 82.4 cm³/mol. The molecule has 0 bridgehead atoms. The van der Waals surface area contributed by atoms with E-state index in [2.05, 4.69) is 5.43 Å². The maximum absolute atomic E-state index is 13.1. The third-order valence-corrected chi connectivity index (χ3v) is 3.35. The summed E-state index contributed by atoms with van der Waals surface area (Å²) in [4.78, 5) is 11.4. The predicted octanol–water partition coefficient (Wildman–Crippen LogP) is 2.57. The number of carbonyl (C=O) groups excluding carboxylic acids is 1. The van der Waals surface area contributed by atoms with Crippen LogP contribution >= 0.6 is 0 Å². The van der Waals surface area contributed by atoms with Crippen LogP contribution in [0, 0.1) is 11.7 Å². The molecule has 2 rings (SSSR count). The number of nitrogens with two attached hydrogens (primary N) is 1. The van der Waals surface area contributed by atoms with Crippen LogP contribution in [0.2, 0.25) is 0 Å². The van der Waals surface area contributed by atoms with E-state index < -0.39 is 0 Å². The molecule has 0 spiro atoms. The molecule has 1 unspecified atom stereocenters. The van der Waals surface area contributed by atoms with Crippen molar-refractivity contribution in [2.75, 3.05) is 0 Å². The monoisotopic (exact) mass is 302 g/mol. The van der Waals surface area contributed by atoms with Crippen molar-refractivity contribution in [3.8, 4) is 5.75 Å². The molecule has 2 aromatic rings. The Balaban J connectivity index is 1.90. The van der Waals surface area contributed by atoms with Crippen molar-refractivity contribution in [1.82, 2.24) is 5.43 Å². The van der Waals surface area contributed by atoms with E-state index in [-0.39, 0.29) is 17.6 Å². The van der Waals surface area contributed by atoms with Gasteiger partial charge in [0.2, 0.25) is 5.91 Å². The summed E-state index contributed by atoms with van der Waals surface area (Å²) in [6.07, 6.45) is 0.604. The summed E-state index contributed by atoms with van der Waals surface area (Å²) >= 11 is 0. The van der Waals surface area contributed by atoms with Crippen LogP contribution < -0.4 is 16.0 Å². The Hall–Kier alpha value is -2.40. The van der Waals surface area contributed by atoms with E-state index in [9.17, 15) is 9.18 Å². The number of carbonyl (C=O) groups is 1. The minimum absolute atomic E-state index is 0.188. The molecular weight excluding hydrogens is 283 g/mol. The molecule has 0 aliphatic rings.